The number of ketones is 1. The van der Waals surface area contributed by atoms with Gasteiger partial charge in [-0.15, -0.1) is 0 Å². The average Bonchev–Trinajstić information content (AvgIpc) is 3.03. The molecule has 0 bridgehead atoms. The Balaban J connectivity index is 1.62. The van der Waals surface area contributed by atoms with Gasteiger partial charge in [0.05, 0.1) is 30.8 Å². The molecule has 7 nitrogen and oxygen atoms in total. The molecule has 0 radical (unpaired) electrons. The Hall–Kier alpha value is -2.54. The molecule has 7 heteroatoms. The van der Waals surface area contributed by atoms with E-state index in [1.165, 1.54) is 12.0 Å². The smallest absolute Gasteiger partial charge is 0.337 e. The molecule has 1 aromatic carbocycles. The lowest BCUT2D eigenvalue weighted by molar-refractivity contribution is -0.158. The standard InChI is InChI=1S/C23H28N2O5/c1-22-11-4-5-12-23(22,2)24(13-10-18(22)26)17-14-19(27)25(20(17)28)16-8-6-15(7-9-16)21(29)30-3/h6-9,17H,4-5,10-14H2,1-3H3/t17?,22-,23+/m0/s1. The molecular formula is C23H28N2O5. The largest absolute Gasteiger partial charge is 0.465 e. The number of carbonyl (C=O) groups is 4. The van der Waals surface area contributed by atoms with Gasteiger partial charge < -0.3 is 4.74 Å². The Morgan fingerprint density at radius 1 is 1.07 bits per heavy atom. The van der Waals surface area contributed by atoms with E-state index in [4.69, 9.17) is 4.74 Å². The second-order valence-electron chi connectivity index (χ2n) is 9.01. The topological polar surface area (TPSA) is 84.0 Å². The van der Waals surface area contributed by atoms with Crippen molar-refractivity contribution in [1.29, 1.82) is 0 Å². The molecule has 1 unspecified atom stereocenters. The fraction of sp³-hybridized carbons (Fsp3) is 0.565. The lowest BCUT2D eigenvalue weighted by atomic mass is 9.57. The van der Waals surface area contributed by atoms with Gasteiger partial charge in [-0.25, -0.2) is 9.69 Å². The van der Waals surface area contributed by atoms with Gasteiger partial charge in [-0.2, -0.15) is 0 Å². The minimum atomic E-state index is -0.562. The molecule has 1 aromatic rings. The summed E-state index contributed by atoms with van der Waals surface area (Å²) in [5.74, 6) is -0.711. The van der Waals surface area contributed by atoms with Crippen LogP contribution in [0.1, 0.15) is 62.7 Å². The Kier molecular flexibility index (Phi) is 5.04. The number of fused-ring (bicyclic) bond motifs is 1. The number of piperidine rings is 1. The van der Waals surface area contributed by atoms with Gasteiger partial charge in [0, 0.05) is 23.9 Å². The van der Waals surface area contributed by atoms with E-state index in [0.717, 1.165) is 25.7 Å². The monoisotopic (exact) mass is 412 g/mol. The van der Waals surface area contributed by atoms with Crippen molar-refractivity contribution in [2.45, 2.75) is 64.0 Å². The molecule has 2 saturated heterocycles. The number of hydrogen-bond acceptors (Lipinski definition) is 6. The zero-order chi connectivity index (χ0) is 21.7. The maximum absolute atomic E-state index is 13.4. The third-order valence-electron chi connectivity index (χ3n) is 7.65. The zero-order valence-electron chi connectivity index (χ0n) is 17.8. The maximum Gasteiger partial charge on any atom is 0.337 e. The molecule has 1 aliphatic carbocycles. The van der Waals surface area contributed by atoms with Crippen molar-refractivity contribution in [3.05, 3.63) is 29.8 Å². The first-order valence-corrected chi connectivity index (χ1v) is 10.6. The van der Waals surface area contributed by atoms with Crippen LogP contribution in [0.2, 0.25) is 0 Å². The molecule has 2 heterocycles. The van der Waals surface area contributed by atoms with Crippen molar-refractivity contribution >= 4 is 29.3 Å². The average molecular weight is 412 g/mol. The molecule has 1 saturated carbocycles. The second-order valence-corrected chi connectivity index (χ2v) is 9.01. The van der Waals surface area contributed by atoms with Gasteiger partial charge in [0.25, 0.3) is 5.91 Å². The quantitative estimate of drug-likeness (QED) is 0.561. The van der Waals surface area contributed by atoms with Gasteiger partial charge in [0.1, 0.15) is 5.78 Å². The van der Waals surface area contributed by atoms with E-state index in [2.05, 4.69) is 11.8 Å². The highest BCUT2D eigenvalue weighted by molar-refractivity contribution is 6.22. The van der Waals surface area contributed by atoms with E-state index in [-0.39, 0.29) is 24.0 Å². The Morgan fingerprint density at radius 3 is 2.40 bits per heavy atom. The zero-order valence-corrected chi connectivity index (χ0v) is 17.8. The molecule has 0 N–H and O–H groups in total. The molecule has 3 atom stereocenters. The van der Waals surface area contributed by atoms with Crippen LogP contribution in [0.15, 0.2) is 24.3 Å². The highest BCUT2D eigenvalue weighted by Gasteiger charge is 2.60. The number of methoxy groups -OCH3 is 1. The van der Waals surface area contributed by atoms with Gasteiger partial charge in [-0.05, 0) is 44.0 Å². The number of carbonyl (C=O) groups excluding carboxylic acids is 4. The molecule has 2 amide bonds. The van der Waals surface area contributed by atoms with Crippen LogP contribution in [0.4, 0.5) is 5.69 Å². The van der Waals surface area contributed by atoms with E-state index in [1.807, 2.05) is 6.92 Å². The molecule has 3 fully saturated rings. The van der Waals surface area contributed by atoms with Gasteiger partial charge in [-0.1, -0.05) is 19.8 Å². The molecule has 3 aliphatic rings. The number of hydrogen-bond donors (Lipinski definition) is 0. The van der Waals surface area contributed by atoms with Crippen molar-refractivity contribution in [1.82, 2.24) is 4.90 Å². The molecular weight excluding hydrogens is 384 g/mol. The first kappa shape index (κ1) is 20.7. The van der Waals surface area contributed by atoms with Crippen molar-refractivity contribution in [2.24, 2.45) is 5.41 Å². The summed E-state index contributed by atoms with van der Waals surface area (Å²) in [5, 5.41) is 0. The van der Waals surface area contributed by atoms with E-state index in [0.29, 0.717) is 24.2 Å². The van der Waals surface area contributed by atoms with Crippen LogP contribution in [0.5, 0.6) is 0 Å². The van der Waals surface area contributed by atoms with Crippen LogP contribution in [0.3, 0.4) is 0 Å². The van der Waals surface area contributed by atoms with Crippen molar-refractivity contribution in [3.63, 3.8) is 0 Å². The molecule has 0 aromatic heterocycles. The predicted octanol–water partition coefficient (Wildman–Crippen LogP) is 2.72. The summed E-state index contributed by atoms with van der Waals surface area (Å²) in [7, 11) is 1.30. The summed E-state index contributed by atoms with van der Waals surface area (Å²) in [6.45, 7) is 4.63. The lowest BCUT2D eigenvalue weighted by Gasteiger charge is -2.59. The van der Waals surface area contributed by atoms with Crippen molar-refractivity contribution in [2.75, 3.05) is 18.6 Å². The number of Topliss-reactive ketones (excluding diaryl/α,β-unsaturated/α-hetero) is 1. The third kappa shape index (κ3) is 2.90. The SMILES string of the molecule is COC(=O)c1ccc(N2C(=O)CC(N3CCC(=O)[C@]4(C)CCCC[C@@]34C)C2=O)cc1. The molecule has 30 heavy (non-hydrogen) atoms. The summed E-state index contributed by atoms with van der Waals surface area (Å²) in [4.78, 5) is 54.1. The Morgan fingerprint density at radius 2 is 1.73 bits per heavy atom. The van der Waals surface area contributed by atoms with Crippen LogP contribution in [-0.4, -0.2) is 53.7 Å². The molecule has 2 aliphatic heterocycles. The Bertz CT molecular complexity index is 911. The number of ether oxygens (including phenoxy) is 1. The van der Waals surface area contributed by atoms with E-state index in [9.17, 15) is 19.2 Å². The minimum absolute atomic E-state index is 0.109. The number of nitrogens with zero attached hydrogens (tertiary/aromatic N) is 2. The summed E-state index contributed by atoms with van der Waals surface area (Å²) in [5.41, 5.74) is -0.101. The predicted molar refractivity (Wildman–Crippen MR) is 110 cm³/mol. The second kappa shape index (κ2) is 7.30. The van der Waals surface area contributed by atoms with E-state index >= 15 is 0 Å². The first-order chi connectivity index (χ1) is 14.2. The van der Waals surface area contributed by atoms with Crippen LogP contribution < -0.4 is 4.90 Å². The Labute approximate surface area is 176 Å². The highest BCUT2D eigenvalue weighted by Crippen LogP contribution is 2.52. The van der Waals surface area contributed by atoms with Crippen LogP contribution in [-0.2, 0) is 19.1 Å². The summed E-state index contributed by atoms with van der Waals surface area (Å²) < 4.78 is 4.70. The molecule has 4 rings (SSSR count). The highest BCUT2D eigenvalue weighted by atomic mass is 16.5. The van der Waals surface area contributed by atoms with Gasteiger partial charge >= 0.3 is 5.97 Å². The number of imide groups is 1. The number of benzene rings is 1. The number of esters is 1. The summed E-state index contributed by atoms with van der Waals surface area (Å²) in [6, 6.07) is 5.73. The fourth-order valence-corrected chi connectivity index (χ4v) is 5.63. The van der Waals surface area contributed by atoms with E-state index in [1.54, 1.807) is 24.3 Å². The maximum atomic E-state index is 13.4. The van der Waals surface area contributed by atoms with Crippen LogP contribution in [0.25, 0.3) is 0 Å². The molecule has 0 spiro atoms. The van der Waals surface area contributed by atoms with Crippen LogP contribution in [0, 0.1) is 5.41 Å². The van der Waals surface area contributed by atoms with E-state index < -0.39 is 23.0 Å². The number of amides is 2. The normalized spacial score (nSPS) is 32.3. The number of anilines is 1. The minimum Gasteiger partial charge on any atom is -0.465 e. The first-order valence-electron chi connectivity index (χ1n) is 10.6. The molecule has 160 valence electrons. The van der Waals surface area contributed by atoms with Crippen molar-refractivity contribution in [3.8, 4) is 0 Å². The third-order valence-corrected chi connectivity index (χ3v) is 7.65. The number of rotatable bonds is 3. The number of likely N-dealkylation sites (tertiary alicyclic amines) is 1. The van der Waals surface area contributed by atoms with Gasteiger partial charge in [-0.3, -0.25) is 19.3 Å². The van der Waals surface area contributed by atoms with Gasteiger partial charge in [0.2, 0.25) is 5.91 Å². The lowest BCUT2D eigenvalue weighted by Crippen LogP contribution is -2.68. The fourth-order valence-electron chi connectivity index (χ4n) is 5.63. The van der Waals surface area contributed by atoms with Crippen molar-refractivity contribution < 1.29 is 23.9 Å². The summed E-state index contributed by atoms with van der Waals surface area (Å²) >= 11 is 0. The van der Waals surface area contributed by atoms with Crippen LogP contribution >= 0.6 is 0 Å². The summed E-state index contributed by atoms with van der Waals surface area (Å²) in [6.07, 6.45) is 4.23. The van der Waals surface area contributed by atoms with Gasteiger partial charge in [0.15, 0.2) is 0 Å².